The monoisotopic (exact) mass is 614 g/mol. The second-order valence-electron chi connectivity index (χ2n) is 13.6. The third-order valence-corrected chi connectivity index (χ3v) is 10.3. The molecule has 10 heteroatoms. The van der Waals surface area contributed by atoms with Gasteiger partial charge >= 0.3 is 0 Å². The Labute approximate surface area is 261 Å². The Morgan fingerprint density at radius 3 is 2.41 bits per heavy atom. The quantitative estimate of drug-likeness (QED) is 0.503. The Morgan fingerprint density at radius 2 is 1.70 bits per heavy atom. The standard InChI is InChI=1S/C34H35ClN4O5/c1-34(2)12-11-21(27(15-34)19-3-6-22(35)7-4-19)16-37-17-24-14-23(37)18-38(24)31(42)20-5-8-25-26(13-20)33(44)39(32(25)43)28-9-10-29(40)36-30(28)41/h3-8,13,23-24,28H,9-12,14-18H2,1-2H3,(H,36,40,41)/t23-,24-,28?/m0/s1. The van der Waals surface area contributed by atoms with Gasteiger partial charge in [0.05, 0.1) is 11.1 Å². The largest absolute Gasteiger partial charge is 0.333 e. The molecule has 3 saturated heterocycles. The molecule has 2 bridgehead atoms. The van der Waals surface area contributed by atoms with Crippen LogP contribution >= 0.6 is 11.6 Å². The van der Waals surface area contributed by atoms with Crippen molar-refractivity contribution in [2.75, 3.05) is 19.6 Å². The van der Waals surface area contributed by atoms with Crippen molar-refractivity contribution in [3.05, 3.63) is 75.3 Å². The molecule has 2 aromatic rings. The molecule has 2 aromatic carbocycles. The maximum Gasteiger partial charge on any atom is 0.262 e. The molecule has 44 heavy (non-hydrogen) atoms. The van der Waals surface area contributed by atoms with E-state index in [0.717, 1.165) is 48.7 Å². The van der Waals surface area contributed by atoms with Crippen molar-refractivity contribution in [3.63, 3.8) is 0 Å². The van der Waals surface area contributed by atoms with E-state index in [1.54, 1.807) is 6.07 Å². The molecule has 5 aliphatic rings. The highest BCUT2D eigenvalue weighted by atomic mass is 35.5. The van der Waals surface area contributed by atoms with Crippen LogP contribution in [0.4, 0.5) is 0 Å². The number of fused-ring (bicyclic) bond motifs is 3. The third kappa shape index (κ3) is 4.96. The van der Waals surface area contributed by atoms with Crippen molar-refractivity contribution in [3.8, 4) is 0 Å². The zero-order chi connectivity index (χ0) is 30.9. The van der Waals surface area contributed by atoms with Gasteiger partial charge in [-0.2, -0.15) is 0 Å². The molecule has 5 amide bonds. The molecular weight excluding hydrogens is 580 g/mol. The van der Waals surface area contributed by atoms with Crippen LogP contribution in [0.2, 0.25) is 5.02 Å². The second kappa shape index (κ2) is 10.7. The van der Waals surface area contributed by atoms with Crippen LogP contribution in [0.3, 0.4) is 0 Å². The third-order valence-electron chi connectivity index (χ3n) is 10.1. The van der Waals surface area contributed by atoms with E-state index in [0.29, 0.717) is 12.1 Å². The van der Waals surface area contributed by atoms with Crippen LogP contribution in [0.5, 0.6) is 0 Å². The first kappa shape index (κ1) is 28.9. The first-order valence-electron chi connectivity index (χ1n) is 15.4. The van der Waals surface area contributed by atoms with Gasteiger partial charge in [-0.15, -0.1) is 0 Å². The molecule has 1 aliphatic carbocycles. The van der Waals surface area contributed by atoms with E-state index in [4.69, 9.17) is 11.6 Å². The lowest BCUT2D eigenvalue weighted by Crippen LogP contribution is -2.54. The summed E-state index contributed by atoms with van der Waals surface area (Å²) < 4.78 is 0. The zero-order valence-corrected chi connectivity index (χ0v) is 25.7. The molecule has 0 spiro atoms. The maximum absolute atomic E-state index is 13.7. The van der Waals surface area contributed by atoms with Crippen LogP contribution in [0.25, 0.3) is 5.57 Å². The number of halogens is 1. The Kier molecular flexibility index (Phi) is 7.01. The summed E-state index contributed by atoms with van der Waals surface area (Å²) in [6.07, 6.45) is 4.28. The summed E-state index contributed by atoms with van der Waals surface area (Å²) in [5, 5.41) is 2.94. The van der Waals surface area contributed by atoms with E-state index >= 15 is 0 Å². The van der Waals surface area contributed by atoms with E-state index in [2.05, 4.69) is 36.2 Å². The topological polar surface area (TPSA) is 107 Å². The molecule has 1 N–H and O–H groups in total. The van der Waals surface area contributed by atoms with Gasteiger partial charge in [-0.05, 0) is 79.0 Å². The van der Waals surface area contributed by atoms with Gasteiger partial charge < -0.3 is 4.90 Å². The van der Waals surface area contributed by atoms with Gasteiger partial charge in [0.1, 0.15) is 6.04 Å². The van der Waals surface area contributed by atoms with Crippen molar-refractivity contribution in [2.24, 2.45) is 5.41 Å². The van der Waals surface area contributed by atoms with Gasteiger partial charge in [0.25, 0.3) is 17.7 Å². The summed E-state index contributed by atoms with van der Waals surface area (Å²) >= 11 is 6.18. The number of allylic oxidation sites excluding steroid dienone is 1. The molecule has 0 aromatic heterocycles. The number of carbonyl (C=O) groups is 5. The highest BCUT2D eigenvalue weighted by Crippen LogP contribution is 2.44. The Hall–Kier alpha value is -3.82. The van der Waals surface area contributed by atoms with Crippen LogP contribution < -0.4 is 5.32 Å². The lowest BCUT2D eigenvalue weighted by molar-refractivity contribution is -0.136. The molecule has 228 valence electrons. The molecule has 0 saturated carbocycles. The molecule has 1 unspecified atom stereocenters. The fraction of sp³-hybridized carbons (Fsp3) is 0.441. The van der Waals surface area contributed by atoms with Gasteiger partial charge in [0, 0.05) is 48.7 Å². The average Bonchev–Trinajstić information content (AvgIpc) is 3.66. The number of carbonyl (C=O) groups excluding carboxylic acids is 5. The Balaban J connectivity index is 1.05. The fourth-order valence-corrected chi connectivity index (χ4v) is 7.80. The highest BCUT2D eigenvalue weighted by molar-refractivity contribution is 6.30. The first-order chi connectivity index (χ1) is 21.0. The number of nitrogens with zero attached hydrogens (tertiary/aromatic N) is 3. The van der Waals surface area contributed by atoms with Crippen molar-refractivity contribution in [1.29, 1.82) is 0 Å². The molecular formula is C34H35ClN4O5. The first-order valence-corrected chi connectivity index (χ1v) is 15.7. The summed E-state index contributed by atoms with van der Waals surface area (Å²) in [6, 6.07) is 12.0. The van der Waals surface area contributed by atoms with E-state index in [9.17, 15) is 24.0 Å². The minimum absolute atomic E-state index is 0.0553. The number of rotatable bonds is 5. The van der Waals surface area contributed by atoms with Gasteiger partial charge in [-0.1, -0.05) is 43.2 Å². The number of amides is 5. The minimum Gasteiger partial charge on any atom is -0.333 e. The molecule has 4 heterocycles. The summed E-state index contributed by atoms with van der Waals surface area (Å²) in [5.74, 6) is -2.41. The number of nitrogens with one attached hydrogen (secondary N) is 1. The van der Waals surface area contributed by atoms with Gasteiger partial charge in [-0.25, -0.2) is 0 Å². The van der Waals surface area contributed by atoms with Crippen molar-refractivity contribution >= 4 is 46.7 Å². The van der Waals surface area contributed by atoms with Gasteiger partial charge in [0.15, 0.2) is 0 Å². The van der Waals surface area contributed by atoms with Crippen molar-refractivity contribution < 1.29 is 24.0 Å². The average molecular weight is 615 g/mol. The van der Waals surface area contributed by atoms with E-state index in [-0.39, 0.29) is 47.4 Å². The number of piperazine rings is 1. The van der Waals surface area contributed by atoms with Crippen LogP contribution in [-0.4, -0.2) is 82.0 Å². The number of benzene rings is 2. The number of imide groups is 2. The van der Waals surface area contributed by atoms with Crippen LogP contribution in [-0.2, 0) is 9.59 Å². The minimum atomic E-state index is -1.04. The summed E-state index contributed by atoms with van der Waals surface area (Å²) in [7, 11) is 0. The van der Waals surface area contributed by atoms with Gasteiger partial charge in [-0.3, -0.25) is 39.1 Å². The molecule has 9 nitrogen and oxygen atoms in total. The number of hydrogen-bond donors (Lipinski definition) is 1. The zero-order valence-electron chi connectivity index (χ0n) is 24.9. The van der Waals surface area contributed by atoms with E-state index in [1.807, 2.05) is 17.0 Å². The van der Waals surface area contributed by atoms with Crippen LogP contribution in [0.15, 0.2) is 48.0 Å². The predicted octanol–water partition coefficient (Wildman–Crippen LogP) is 4.30. The summed E-state index contributed by atoms with van der Waals surface area (Å²) in [5.41, 5.74) is 5.02. The summed E-state index contributed by atoms with van der Waals surface area (Å²) in [6.45, 7) is 6.96. The van der Waals surface area contributed by atoms with E-state index in [1.165, 1.54) is 28.8 Å². The number of piperidine rings is 1. The molecule has 3 fully saturated rings. The highest BCUT2D eigenvalue weighted by Gasteiger charge is 2.47. The van der Waals surface area contributed by atoms with Crippen molar-refractivity contribution in [1.82, 2.24) is 20.0 Å². The molecule has 0 radical (unpaired) electrons. The summed E-state index contributed by atoms with van der Waals surface area (Å²) in [4.78, 5) is 69.3. The predicted molar refractivity (Wildman–Crippen MR) is 164 cm³/mol. The Bertz CT molecular complexity index is 1650. The SMILES string of the molecule is CC1(C)CCC(CN2C[C@@H]3C[C@H]2CN3C(=O)c2ccc3c(c2)C(=O)N(C2CCC(=O)NC2=O)C3=O)=C(c2ccc(Cl)cc2)C1. The lowest BCUT2D eigenvalue weighted by Gasteiger charge is -2.38. The van der Waals surface area contributed by atoms with Crippen LogP contribution in [0, 0.1) is 5.41 Å². The Morgan fingerprint density at radius 1 is 0.955 bits per heavy atom. The second-order valence-corrected chi connectivity index (χ2v) is 14.0. The lowest BCUT2D eigenvalue weighted by atomic mass is 9.72. The number of hydrogen-bond acceptors (Lipinski definition) is 6. The maximum atomic E-state index is 13.7. The fourth-order valence-electron chi connectivity index (χ4n) is 7.67. The molecule has 3 atom stereocenters. The normalized spacial score (nSPS) is 26.5. The van der Waals surface area contributed by atoms with E-state index < -0.39 is 29.7 Å². The molecule has 4 aliphatic heterocycles. The van der Waals surface area contributed by atoms with Gasteiger partial charge in [0.2, 0.25) is 11.8 Å². The number of likely N-dealkylation sites (tertiary alicyclic amines) is 2. The smallest absolute Gasteiger partial charge is 0.262 e. The van der Waals surface area contributed by atoms with Crippen LogP contribution in [0.1, 0.15) is 89.0 Å². The molecule has 7 rings (SSSR count). The van der Waals surface area contributed by atoms with Crippen molar-refractivity contribution in [2.45, 2.75) is 70.5 Å².